The van der Waals surface area contributed by atoms with Crippen LogP contribution in [0.5, 0.6) is 0 Å². The molecule has 0 radical (unpaired) electrons. The molecule has 0 unspecified atom stereocenters. The van der Waals surface area contributed by atoms with Crippen molar-refractivity contribution < 1.29 is 9.21 Å². The molecule has 3 rings (SSSR count). The van der Waals surface area contributed by atoms with Crippen molar-refractivity contribution in [2.45, 2.75) is 18.9 Å². The molecule has 3 heterocycles. The molecule has 0 bridgehead atoms. The molecule has 2 aromatic rings. The topological polar surface area (TPSA) is 80.1 Å². The minimum absolute atomic E-state index is 0.0415. The molecule has 7 heteroatoms. The summed E-state index contributed by atoms with van der Waals surface area (Å²) in [6, 6.07) is 3.56. The highest BCUT2D eigenvalue weighted by atomic mass is 32.1. The highest BCUT2D eigenvalue weighted by Crippen LogP contribution is 2.18. The minimum Gasteiger partial charge on any atom is -0.465 e. The quantitative estimate of drug-likeness (QED) is 0.900. The first-order chi connectivity index (χ1) is 9.81. The van der Waals surface area contributed by atoms with Gasteiger partial charge >= 0.3 is 0 Å². The number of hydrogen-bond acceptors (Lipinski definition) is 6. The zero-order chi connectivity index (χ0) is 13.8. The monoisotopic (exact) mass is 290 g/mol. The van der Waals surface area contributed by atoms with Crippen LogP contribution < -0.4 is 10.6 Å². The molecule has 0 aliphatic carbocycles. The van der Waals surface area contributed by atoms with Gasteiger partial charge in [-0.1, -0.05) is 11.3 Å². The van der Waals surface area contributed by atoms with E-state index in [0.29, 0.717) is 5.13 Å². The van der Waals surface area contributed by atoms with E-state index in [1.807, 2.05) is 18.2 Å². The Morgan fingerprint density at radius 2 is 2.45 bits per heavy atom. The van der Waals surface area contributed by atoms with Gasteiger partial charge in [0.05, 0.1) is 12.3 Å². The molecule has 1 aliphatic rings. The number of carbonyl (C=O) groups excluding carboxylic acids is 1. The summed E-state index contributed by atoms with van der Waals surface area (Å²) in [5.41, 5.74) is 0. The first-order valence-electron chi connectivity index (χ1n) is 6.40. The van der Waals surface area contributed by atoms with Gasteiger partial charge < -0.3 is 9.73 Å². The van der Waals surface area contributed by atoms with Crippen LogP contribution in [0.15, 0.2) is 22.8 Å². The number of nitrogens with one attached hydrogen (secondary N) is 2. The van der Waals surface area contributed by atoms with Crippen LogP contribution >= 0.6 is 11.3 Å². The van der Waals surface area contributed by atoms with E-state index >= 15 is 0 Å². The zero-order valence-electron chi connectivity index (χ0n) is 10.7. The Kier molecular flexibility index (Phi) is 3.89. The molecule has 1 fully saturated rings. The Morgan fingerprint density at radius 1 is 1.50 bits per heavy atom. The van der Waals surface area contributed by atoms with Crippen molar-refractivity contribution in [3.05, 3.63) is 29.2 Å². The van der Waals surface area contributed by atoms with Gasteiger partial charge in [0, 0.05) is 0 Å². The summed E-state index contributed by atoms with van der Waals surface area (Å²) in [6.07, 6.45) is 7.13. The largest absolute Gasteiger partial charge is 0.465 e. The van der Waals surface area contributed by atoms with E-state index in [9.17, 15) is 4.79 Å². The molecule has 0 aromatic carbocycles. The lowest BCUT2D eigenvalue weighted by atomic mass is 10.2. The molecule has 2 N–H and O–H groups in total. The fraction of sp³-hybridized carbons (Fsp3) is 0.308. The number of carbonyl (C=O) groups is 1. The van der Waals surface area contributed by atoms with Crippen LogP contribution in [-0.4, -0.2) is 28.7 Å². The van der Waals surface area contributed by atoms with Crippen molar-refractivity contribution in [3.8, 4) is 0 Å². The van der Waals surface area contributed by atoms with Gasteiger partial charge in [0.15, 0.2) is 0 Å². The van der Waals surface area contributed by atoms with Crippen molar-refractivity contribution >= 4 is 34.5 Å². The molecular formula is C13H14N4O2S. The number of furan rings is 1. The first kappa shape index (κ1) is 13.0. The van der Waals surface area contributed by atoms with Gasteiger partial charge in [-0.05, 0) is 43.7 Å². The summed E-state index contributed by atoms with van der Waals surface area (Å²) in [4.78, 5) is 11.9. The molecule has 1 atom stereocenters. The lowest BCUT2D eigenvalue weighted by Gasteiger charge is -2.07. The van der Waals surface area contributed by atoms with Gasteiger partial charge in [0.25, 0.3) is 0 Å². The fourth-order valence-corrected chi connectivity index (χ4v) is 2.64. The molecule has 0 saturated carbocycles. The molecule has 1 aliphatic heterocycles. The second kappa shape index (κ2) is 5.98. The Balaban J connectivity index is 1.60. The molecule has 2 aromatic heterocycles. The van der Waals surface area contributed by atoms with Crippen LogP contribution in [0.3, 0.4) is 0 Å². The van der Waals surface area contributed by atoms with Crippen molar-refractivity contribution in [1.82, 2.24) is 15.5 Å². The highest BCUT2D eigenvalue weighted by Gasteiger charge is 2.22. The number of anilines is 1. The maximum Gasteiger partial charge on any atom is 0.243 e. The van der Waals surface area contributed by atoms with Gasteiger partial charge in [0.1, 0.15) is 10.8 Å². The number of amides is 1. The summed E-state index contributed by atoms with van der Waals surface area (Å²) >= 11 is 1.33. The van der Waals surface area contributed by atoms with Crippen molar-refractivity contribution in [1.29, 1.82) is 0 Å². The average Bonchev–Trinajstić information content (AvgIpc) is 3.19. The van der Waals surface area contributed by atoms with Gasteiger partial charge in [0.2, 0.25) is 11.0 Å². The van der Waals surface area contributed by atoms with E-state index in [2.05, 4.69) is 20.8 Å². The number of hydrogen-bond donors (Lipinski definition) is 2. The lowest BCUT2D eigenvalue weighted by Crippen LogP contribution is -2.35. The Hall–Kier alpha value is -1.99. The Morgan fingerprint density at radius 3 is 3.20 bits per heavy atom. The Labute approximate surface area is 119 Å². The molecule has 1 saturated heterocycles. The molecule has 6 nitrogen and oxygen atoms in total. The van der Waals surface area contributed by atoms with Crippen LogP contribution in [0.2, 0.25) is 0 Å². The minimum atomic E-state index is -0.110. The van der Waals surface area contributed by atoms with Crippen molar-refractivity contribution in [3.63, 3.8) is 0 Å². The van der Waals surface area contributed by atoms with Gasteiger partial charge in [-0.3, -0.25) is 10.1 Å². The second-order valence-electron chi connectivity index (χ2n) is 4.43. The predicted octanol–water partition coefficient (Wildman–Crippen LogP) is 1.99. The van der Waals surface area contributed by atoms with Gasteiger partial charge in [-0.2, -0.15) is 0 Å². The molecule has 1 amide bonds. The van der Waals surface area contributed by atoms with E-state index in [-0.39, 0.29) is 11.9 Å². The van der Waals surface area contributed by atoms with E-state index in [0.717, 1.165) is 30.2 Å². The van der Waals surface area contributed by atoms with Gasteiger partial charge in [-0.25, -0.2) is 0 Å². The average molecular weight is 290 g/mol. The van der Waals surface area contributed by atoms with Gasteiger partial charge in [-0.15, -0.1) is 10.2 Å². The summed E-state index contributed by atoms with van der Waals surface area (Å²) in [7, 11) is 0. The van der Waals surface area contributed by atoms with Crippen molar-refractivity contribution in [2.75, 3.05) is 11.9 Å². The summed E-state index contributed by atoms with van der Waals surface area (Å²) < 4.78 is 5.19. The van der Waals surface area contributed by atoms with Crippen molar-refractivity contribution in [2.24, 2.45) is 0 Å². The van der Waals surface area contributed by atoms with Crippen LogP contribution in [0.25, 0.3) is 12.2 Å². The smallest absolute Gasteiger partial charge is 0.243 e. The van der Waals surface area contributed by atoms with E-state index in [1.165, 1.54) is 11.3 Å². The summed E-state index contributed by atoms with van der Waals surface area (Å²) in [5.74, 6) is 0.709. The van der Waals surface area contributed by atoms with E-state index in [4.69, 9.17) is 4.42 Å². The number of rotatable bonds is 4. The standard InChI is InChI=1S/C13H14N4O2S/c18-12(10-4-1-7-14-10)15-13-17-16-11(20-13)6-5-9-3-2-8-19-9/h2-3,5-6,8,10,14H,1,4,7H2,(H,15,17,18)/b6-5+/t10-/m0/s1. The van der Waals surface area contributed by atoms with Crippen LogP contribution in [0.4, 0.5) is 5.13 Å². The van der Waals surface area contributed by atoms with Crippen LogP contribution in [-0.2, 0) is 4.79 Å². The third kappa shape index (κ3) is 3.12. The maximum absolute atomic E-state index is 11.9. The lowest BCUT2D eigenvalue weighted by molar-refractivity contribution is -0.117. The highest BCUT2D eigenvalue weighted by molar-refractivity contribution is 7.16. The van der Waals surface area contributed by atoms with E-state index < -0.39 is 0 Å². The second-order valence-corrected chi connectivity index (χ2v) is 5.44. The zero-order valence-corrected chi connectivity index (χ0v) is 11.5. The first-order valence-corrected chi connectivity index (χ1v) is 7.22. The normalized spacial score (nSPS) is 18.7. The molecular weight excluding hydrogens is 276 g/mol. The number of nitrogens with zero attached hydrogens (tertiary/aromatic N) is 2. The summed E-state index contributed by atoms with van der Waals surface area (Å²) in [6.45, 7) is 0.894. The molecule has 0 spiro atoms. The fourth-order valence-electron chi connectivity index (χ4n) is 1.99. The SMILES string of the molecule is O=C(Nc1nnc(/C=C/c2ccco2)s1)[C@@H]1CCCN1. The Bertz CT molecular complexity index is 600. The molecule has 104 valence electrons. The molecule has 20 heavy (non-hydrogen) atoms. The number of aromatic nitrogens is 2. The van der Waals surface area contributed by atoms with Crippen LogP contribution in [0.1, 0.15) is 23.6 Å². The third-order valence-corrected chi connectivity index (χ3v) is 3.78. The maximum atomic E-state index is 11.9. The van der Waals surface area contributed by atoms with E-state index in [1.54, 1.807) is 12.3 Å². The van der Waals surface area contributed by atoms with Crippen LogP contribution in [0, 0.1) is 0 Å². The predicted molar refractivity (Wildman–Crippen MR) is 77.2 cm³/mol. The summed E-state index contributed by atoms with van der Waals surface area (Å²) in [5, 5.41) is 15.1. The third-order valence-electron chi connectivity index (χ3n) is 2.98.